The van der Waals surface area contributed by atoms with E-state index in [1.807, 2.05) is 13.0 Å². The highest BCUT2D eigenvalue weighted by molar-refractivity contribution is 5.48. The van der Waals surface area contributed by atoms with Crippen LogP contribution in [0.15, 0.2) is 42.7 Å². The first-order valence-electron chi connectivity index (χ1n) is 7.77. The molecule has 0 spiro atoms. The average Bonchev–Trinajstić information content (AvgIpc) is 3.03. The standard InChI is InChI=1S/C17H19N5O/c1-13-10-15(22-16(20-13)18-12-19-22)21-8-9-23-17(2,11-21)14-6-4-3-5-7-14/h3-7,10,12H,8-9,11H2,1-2H3. The Kier molecular flexibility index (Phi) is 3.27. The fourth-order valence-corrected chi connectivity index (χ4v) is 3.17. The molecule has 4 rings (SSSR count). The molecular weight excluding hydrogens is 290 g/mol. The molecule has 0 radical (unpaired) electrons. The van der Waals surface area contributed by atoms with Gasteiger partial charge >= 0.3 is 0 Å². The number of morpholine rings is 1. The summed E-state index contributed by atoms with van der Waals surface area (Å²) in [6.45, 7) is 6.37. The van der Waals surface area contributed by atoms with Crippen LogP contribution in [0.1, 0.15) is 18.2 Å². The molecule has 1 aliphatic heterocycles. The lowest BCUT2D eigenvalue weighted by molar-refractivity contribution is -0.0469. The Bertz CT molecular complexity index is 831. The molecule has 118 valence electrons. The molecule has 6 nitrogen and oxygen atoms in total. The number of aromatic nitrogens is 4. The number of fused-ring (bicyclic) bond motifs is 1. The lowest BCUT2D eigenvalue weighted by Gasteiger charge is -2.41. The van der Waals surface area contributed by atoms with E-state index in [0.29, 0.717) is 12.4 Å². The number of aryl methyl sites for hydroxylation is 1. The summed E-state index contributed by atoms with van der Waals surface area (Å²) in [5.41, 5.74) is 1.78. The Morgan fingerprint density at radius 1 is 1.22 bits per heavy atom. The van der Waals surface area contributed by atoms with Crippen molar-refractivity contribution in [3.63, 3.8) is 0 Å². The number of rotatable bonds is 2. The zero-order valence-corrected chi connectivity index (χ0v) is 13.3. The second kappa shape index (κ2) is 5.31. The molecule has 23 heavy (non-hydrogen) atoms. The third kappa shape index (κ3) is 2.45. The van der Waals surface area contributed by atoms with Gasteiger partial charge in [0.1, 0.15) is 17.7 Å². The van der Waals surface area contributed by atoms with Crippen LogP contribution < -0.4 is 4.90 Å². The van der Waals surface area contributed by atoms with Gasteiger partial charge in [-0.15, -0.1) is 0 Å². The third-order valence-electron chi connectivity index (χ3n) is 4.34. The fraction of sp³-hybridized carbons (Fsp3) is 0.353. The number of hydrogen-bond donors (Lipinski definition) is 0. The maximum atomic E-state index is 6.12. The van der Waals surface area contributed by atoms with Gasteiger partial charge in [0.25, 0.3) is 5.78 Å². The minimum absolute atomic E-state index is 0.344. The van der Waals surface area contributed by atoms with Gasteiger partial charge in [0.05, 0.1) is 13.2 Å². The molecule has 0 amide bonds. The van der Waals surface area contributed by atoms with Gasteiger partial charge in [0.15, 0.2) is 0 Å². The van der Waals surface area contributed by atoms with Gasteiger partial charge in [-0.2, -0.15) is 14.6 Å². The summed E-state index contributed by atoms with van der Waals surface area (Å²) in [7, 11) is 0. The number of nitrogens with zero attached hydrogens (tertiary/aromatic N) is 5. The van der Waals surface area contributed by atoms with Crippen molar-refractivity contribution < 1.29 is 4.74 Å². The van der Waals surface area contributed by atoms with E-state index in [2.05, 4.69) is 57.2 Å². The maximum absolute atomic E-state index is 6.12. The van der Waals surface area contributed by atoms with Crippen LogP contribution in [-0.4, -0.2) is 39.3 Å². The molecule has 1 saturated heterocycles. The minimum atomic E-state index is -0.344. The van der Waals surface area contributed by atoms with Gasteiger partial charge in [-0.25, -0.2) is 4.98 Å². The van der Waals surface area contributed by atoms with Crippen molar-refractivity contribution in [2.45, 2.75) is 19.4 Å². The zero-order valence-electron chi connectivity index (χ0n) is 13.3. The largest absolute Gasteiger partial charge is 0.367 e. The van der Waals surface area contributed by atoms with E-state index in [-0.39, 0.29) is 5.60 Å². The maximum Gasteiger partial charge on any atom is 0.254 e. The van der Waals surface area contributed by atoms with Gasteiger partial charge < -0.3 is 9.64 Å². The average molecular weight is 309 g/mol. The summed E-state index contributed by atoms with van der Waals surface area (Å²) in [6, 6.07) is 12.4. The molecule has 1 aromatic carbocycles. The molecule has 0 saturated carbocycles. The Labute approximate surface area is 134 Å². The van der Waals surface area contributed by atoms with E-state index >= 15 is 0 Å². The topological polar surface area (TPSA) is 55.6 Å². The van der Waals surface area contributed by atoms with Gasteiger partial charge in [-0.3, -0.25) is 0 Å². The van der Waals surface area contributed by atoms with Gasteiger partial charge in [0.2, 0.25) is 0 Å². The van der Waals surface area contributed by atoms with E-state index in [1.54, 1.807) is 10.8 Å². The third-order valence-corrected chi connectivity index (χ3v) is 4.34. The van der Waals surface area contributed by atoms with Crippen molar-refractivity contribution in [2.75, 3.05) is 24.6 Å². The molecule has 1 atom stereocenters. The summed E-state index contributed by atoms with van der Waals surface area (Å²) in [4.78, 5) is 10.9. The predicted octanol–water partition coefficient (Wildman–Crippen LogP) is 2.18. The van der Waals surface area contributed by atoms with Crippen LogP contribution in [0.2, 0.25) is 0 Å². The van der Waals surface area contributed by atoms with Crippen LogP contribution in [0.3, 0.4) is 0 Å². The van der Waals surface area contributed by atoms with Crippen LogP contribution in [0.5, 0.6) is 0 Å². The Morgan fingerprint density at radius 2 is 2.04 bits per heavy atom. The summed E-state index contributed by atoms with van der Waals surface area (Å²) < 4.78 is 7.92. The van der Waals surface area contributed by atoms with Crippen molar-refractivity contribution in [3.05, 3.63) is 54.0 Å². The molecule has 3 heterocycles. The Balaban J connectivity index is 1.73. The van der Waals surface area contributed by atoms with Crippen LogP contribution in [-0.2, 0) is 10.3 Å². The van der Waals surface area contributed by atoms with Crippen LogP contribution in [0.25, 0.3) is 5.78 Å². The summed E-state index contributed by atoms with van der Waals surface area (Å²) in [6.07, 6.45) is 1.54. The van der Waals surface area contributed by atoms with Crippen LogP contribution >= 0.6 is 0 Å². The molecule has 0 aliphatic carbocycles. The second-order valence-corrected chi connectivity index (χ2v) is 6.09. The number of anilines is 1. The first-order chi connectivity index (χ1) is 11.2. The highest BCUT2D eigenvalue weighted by Gasteiger charge is 2.34. The monoisotopic (exact) mass is 309 g/mol. The van der Waals surface area contributed by atoms with Crippen LogP contribution in [0, 0.1) is 6.92 Å². The van der Waals surface area contributed by atoms with Gasteiger partial charge in [0, 0.05) is 18.3 Å². The van der Waals surface area contributed by atoms with Crippen molar-refractivity contribution in [3.8, 4) is 0 Å². The molecular formula is C17H19N5O. The van der Waals surface area contributed by atoms with E-state index in [1.165, 1.54) is 5.56 Å². The van der Waals surface area contributed by atoms with E-state index in [0.717, 1.165) is 24.6 Å². The first-order valence-corrected chi connectivity index (χ1v) is 7.77. The van der Waals surface area contributed by atoms with Crippen molar-refractivity contribution >= 4 is 11.6 Å². The summed E-state index contributed by atoms with van der Waals surface area (Å²) >= 11 is 0. The molecule has 1 unspecified atom stereocenters. The van der Waals surface area contributed by atoms with E-state index in [4.69, 9.17) is 4.74 Å². The molecule has 0 bridgehead atoms. The van der Waals surface area contributed by atoms with E-state index < -0.39 is 0 Å². The number of ether oxygens (including phenoxy) is 1. The van der Waals surface area contributed by atoms with Crippen molar-refractivity contribution in [1.29, 1.82) is 0 Å². The highest BCUT2D eigenvalue weighted by Crippen LogP contribution is 2.31. The molecule has 0 N–H and O–H groups in total. The fourth-order valence-electron chi connectivity index (χ4n) is 3.17. The molecule has 1 fully saturated rings. The quantitative estimate of drug-likeness (QED) is 0.726. The second-order valence-electron chi connectivity index (χ2n) is 6.09. The number of benzene rings is 1. The van der Waals surface area contributed by atoms with Crippen molar-refractivity contribution in [1.82, 2.24) is 19.6 Å². The summed E-state index contributed by atoms with van der Waals surface area (Å²) in [5, 5.41) is 4.32. The molecule has 2 aromatic heterocycles. The lowest BCUT2D eigenvalue weighted by Crippen LogP contribution is -2.49. The molecule has 3 aromatic rings. The molecule has 1 aliphatic rings. The highest BCUT2D eigenvalue weighted by atomic mass is 16.5. The minimum Gasteiger partial charge on any atom is -0.367 e. The van der Waals surface area contributed by atoms with Crippen LogP contribution in [0.4, 0.5) is 5.82 Å². The smallest absolute Gasteiger partial charge is 0.254 e. The van der Waals surface area contributed by atoms with Crippen molar-refractivity contribution in [2.24, 2.45) is 0 Å². The number of hydrogen-bond acceptors (Lipinski definition) is 5. The normalized spacial score (nSPS) is 21.7. The van der Waals surface area contributed by atoms with Gasteiger partial charge in [-0.05, 0) is 19.4 Å². The first kappa shape index (κ1) is 14.1. The SMILES string of the molecule is Cc1cc(N2CCOC(C)(c3ccccc3)C2)n2ncnc2n1. The van der Waals surface area contributed by atoms with Gasteiger partial charge in [-0.1, -0.05) is 30.3 Å². The van der Waals surface area contributed by atoms with E-state index in [9.17, 15) is 0 Å². The molecule has 6 heteroatoms. The Hall–Kier alpha value is -2.47. The lowest BCUT2D eigenvalue weighted by atomic mass is 9.94. The zero-order chi connectivity index (χ0) is 15.9. The Morgan fingerprint density at radius 3 is 2.87 bits per heavy atom. The summed E-state index contributed by atoms with van der Waals surface area (Å²) in [5.74, 6) is 1.64. The predicted molar refractivity (Wildman–Crippen MR) is 87.5 cm³/mol.